The van der Waals surface area contributed by atoms with Gasteiger partial charge in [-0.3, -0.25) is 4.72 Å². The van der Waals surface area contributed by atoms with Crippen molar-refractivity contribution >= 4 is 21.6 Å². The molecule has 1 aromatic carbocycles. The highest BCUT2D eigenvalue weighted by Crippen LogP contribution is 2.15. The number of rotatable bonds is 6. The average Bonchev–Trinajstić information content (AvgIpc) is 2.21. The van der Waals surface area contributed by atoms with E-state index in [9.17, 15) is 8.42 Å². The number of hydrogen-bond donors (Lipinski definition) is 4. The topological polar surface area (TPSA) is 96.2 Å². The van der Waals surface area contributed by atoms with Crippen LogP contribution in [0.2, 0.25) is 0 Å². The quantitative estimate of drug-likeness (QED) is 0.589. The van der Waals surface area contributed by atoms with Gasteiger partial charge in [-0.25, -0.2) is 5.14 Å². The van der Waals surface area contributed by atoms with Crippen molar-refractivity contribution in [2.24, 2.45) is 5.14 Å². The van der Waals surface area contributed by atoms with Gasteiger partial charge in [0.1, 0.15) is 0 Å². The van der Waals surface area contributed by atoms with Crippen LogP contribution in [-0.2, 0) is 10.2 Å². The summed E-state index contributed by atoms with van der Waals surface area (Å²) in [4.78, 5) is 0. The van der Waals surface area contributed by atoms with Crippen LogP contribution in [0.25, 0.3) is 0 Å². The number of hydrogen-bond acceptors (Lipinski definition) is 4. The second-order valence-electron chi connectivity index (χ2n) is 5.33. The van der Waals surface area contributed by atoms with Gasteiger partial charge in [-0.1, -0.05) is 6.07 Å². The molecule has 0 aliphatic rings. The molecule has 5 N–H and O–H groups in total. The molecule has 0 atom stereocenters. The van der Waals surface area contributed by atoms with Gasteiger partial charge in [-0.2, -0.15) is 8.42 Å². The Kier molecular flexibility index (Phi) is 5.16. The second-order valence-corrected chi connectivity index (χ2v) is 6.63. The lowest BCUT2D eigenvalue weighted by Crippen LogP contribution is -2.38. The lowest BCUT2D eigenvalue weighted by molar-refractivity contribution is 0.435. The van der Waals surface area contributed by atoms with Crippen LogP contribution in [0.5, 0.6) is 0 Å². The van der Waals surface area contributed by atoms with E-state index in [1.807, 2.05) is 6.07 Å². The molecule has 0 fully saturated rings. The van der Waals surface area contributed by atoms with Crippen molar-refractivity contribution in [2.45, 2.75) is 26.3 Å². The van der Waals surface area contributed by atoms with Crippen LogP contribution in [0, 0.1) is 0 Å². The van der Waals surface area contributed by atoms with Crippen molar-refractivity contribution in [3.05, 3.63) is 24.3 Å². The fourth-order valence-electron chi connectivity index (χ4n) is 1.50. The normalized spacial score (nSPS) is 12.2. The van der Waals surface area contributed by atoms with Crippen molar-refractivity contribution in [1.82, 2.24) is 5.32 Å². The molecule has 108 valence electrons. The predicted octanol–water partition coefficient (Wildman–Crippen LogP) is 1.10. The van der Waals surface area contributed by atoms with E-state index in [-0.39, 0.29) is 5.54 Å². The summed E-state index contributed by atoms with van der Waals surface area (Å²) in [5.74, 6) is 0. The first kappa shape index (κ1) is 15.7. The van der Waals surface area contributed by atoms with Crippen LogP contribution in [0.1, 0.15) is 20.8 Å². The molecule has 0 heterocycles. The van der Waals surface area contributed by atoms with Gasteiger partial charge in [0.05, 0.1) is 5.69 Å². The molecule has 0 radical (unpaired) electrons. The Hall–Kier alpha value is -1.31. The van der Waals surface area contributed by atoms with Gasteiger partial charge in [-0.05, 0) is 39.0 Å². The molecule has 0 aliphatic heterocycles. The van der Waals surface area contributed by atoms with Crippen molar-refractivity contribution in [3.63, 3.8) is 0 Å². The summed E-state index contributed by atoms with van der Waals surface area (Å²) in [5.41, 5.74) is 1.36. The maximum absolute atomic E-state index is 10.9. The monoisotopic (exact) mass is 286 g/mol. The van der Waals surface area contributed by atoms with Gasteiger partial charge in [0.15, 0.2) is 0 Å². The molecule has 0 spiro atoms. The molecule has 19 heavy (non-hydrogen) atoms. The smallest absolute Gasteiger partial charge is 0.296 e. The van der Waals surface area contributed by atoms with Crippen LogP contribution in [0.15, 0.2) is 24.3 Å². The average molecular weight is 286 g/mol. The number of anilines is 2. The second kappa shape index (κ2) is 6.23. The molecule has 1 rings (SSSR count). The maximum atomic E-state index is 10.9. The van der Waals surface area contributed by atoms with Gasteiger partial charge in [0.25, 0.3) is 10.2 Å². The Labute approximate surface area is 115 Å². The van der Waals surface area contributed by atoms with E-state index in [2.05, 4.69) is 36.1 Å². The Bertz CT molecular complexity index is 509. The Morgan fingerprint density at radius 1 is 1.16 bits per heavy atom. The lowest BCUT2D eigenvalue weighted by atomic mass is 10.1. The zero-order valence-corrected chi connectivity index (χ0v) is 12.3. The molecule has 6 nitrogen and oxygen atoms in total. The molecular weight excluding hydrogens is 264 g/mol. The Morgan fingerprint density at radius 2 is 1.79 bits per heavy atom. The van der Waals surface area contributed by atoms with Gasteiger partial charge in [0, 0.05) is 24.3 Å². The fourth-order valence-corrected chi connectivity index (χ4v) is 1.96. The SMILES string of the molecule is CC(C)(C)NCCNc1cccc(NS(N)(=O)=O)c1. The van der Waals surface area contributed by atoms with Crippen LogP contribution in [0.3, 0.4) is 0 Å². The van der Waals surface area contributed by atoms with Crippen molar-refractivity contribution in [1.29, 1.82) is 0 Å². The largest absolute Gasteiger partial charge is 0.384 e. The molecule has 0 aliphatic carbocycles. The van der Waals surface area contributed by atoms with Crippen molar-refractivity contribution in [2.75, 3.05) is 23.1 Å². The van der Waals surface area contributed by atoms with E-state index >= 15 is 0 Å². The molecule has 0 unspecified atom stereocenters. The summed E-state index contributed by atoms with van der Waals surface area (Å²) in [5, 5.41) is 11.5. The molecule has 1 aromatic rings. The third-order valence-electron chi connectivity index (χ3n) is 2.23. The fraction of sp³-hybridized carbons (Fsp3) is 0.500. The third-order valence-corrected chi connectivity index (χ3v) is 2.75. The molecule has 7 heteroatoms. The minimum absolute atomic E-state index is 0.0821. The maximum Gasteiger partial charge on any atom is 0.296 e. The van der Waals surface area contributed by atoms with E-state index in [4.69, 9.17) is 5.14 Å². The zero-order chi connectivity index (χ0) is 14.5. The molecule has 0 saturated heterocycles. The lowest BCUT2D eigenvalue weighted by Gasteiger charge is -2.20. The van der Waals surface area contributed by atoms with Crippen LogP contribution in [0.4, 0.5) is 11.4 Å². The van der Waals surface area contributed by atoms with E-state index in [1.54, 1.807) is 18.2 Å². The van der Waals surface area contributed by atoms with Crippen molar-refractivity contribution < 1.29 is 8.42 Å². The number of nitrogens with two attached hydrogens (primary N) is 1. The van der Waals surface area contributed by atoms with Crippen LogP contribution >= 0.6 is 0 Å². The van der Waals surface area contributed by atoms with Crippen LogP contribution < -0.4 is 20.5 Å². The Balaban J connectivity index is 2.49. The minimum atomic E-state index is -3.73. The first-order valence-corrected chi connectivity index (χ1v) is 7.60. The summed E-state index contributed by atoms with van der Waals surface area (Å²) in [6.07, 6.45) is 0. The van der Waals surface area contributed by atoms with Gasteiger partial charge >= 0.3 is 0 Å². The number of nitrogens with one attached hydrogen (secondary N) is 3. The summed E-state index contributed by atoms with van der Waals surface area (Å²) < 4.78 is 24.1. The highest BCUT2D eigenvalue weighted by Gasteiger charge is 2.07. The van der Waals surface area contributed by atoms with E-state index in [1.165, 1.54) is 0 Å². The summed E-state index contributed by atoms with van der Waals surface area (Å²) in [6.45, 7) is 7.86. The molecule has 0 aromatic heterocycles. The highest BCUT2D eigenvalue weighted by atomic mass is 32.2. The molecular formula is C12H22N4O2S. The minimum Gasteiger partial charge on any atom is -0.384 e. The van der Waals surface area contributed by atoms with Gasteiger partial charge < -0.3 is 10.6 Å². The zero-order valence-electron chi connectivity index (χ0n) is 11.5. The Morgan fingerprint density at radius 3 is 2.37 bits per heavy atom. The van der Waals surface area contributed by atoms with Crippen molar-refractivity contribution in [3.8, 4) is 0 Å². The van der Waals surface area contributed by atoms with Gasteiger partial charge in [-0.15, -0.1) is 0 Å². The first-order chi connectivity index (χ1) is 8.66. The molecule has 0 bridgehead atoms. The third kappa shape index (κ3) is 7.66. The highest BCUT2D eigenvalue weighted by molar-refractivity contribution is 7.90. The van der Waals surface area contributed by atoms with Crippen LogP contribution in [-0.4, -0.2) is 27.0 Å². The predicted molar refractivity (Wildman–Crippen MR) is 79.4 cm³/mol. The number of benzene rings is 1. The molecule has 0 amide bonds. The van der Waals surface area contributed by atoms with E-state index in [0.717, 1.165) is 18.8 Å². The first-order valence-electron chi connectivity index (χ1n) is 6.05. The van der Waals surface area contributed by atoms with E-state index < -0.39 is 10.2 Å². The van der Waals surface area contributed by atoms with E-state index in [0.29, 0.717) is 5.69 Å². The molecule has 0 saturated carbocycles. The standard InChI is InChI=1S/C12H22N4O2S/c1-12(2,3)15-8-7-14-10-5-4-6-11(9-10)16-19(13,17)18/h4-6,9,14-16H,7-8H2,1-3H3,(H2,13,17,18). The van der Waals surface area contributed by atoms with Gasteiger partial charge in [0.2, 0.25) is 0 Å². The summed E-state index contributed by atoms with van der Waals surface area (Å²) in [6, 6.07) is 6.96. The summed E-state index contributed by atoms with van der Waals surface area (Å²) >= 11 is 0. The summed E-state index contributed by atoms with van der Waals surface area (Å²) in [7, 11) is -3.73.